The summed E-state index contributed by atoms with van der Waals surface area (Å²) in [5.41, 5.74) is 5.76. The van der Waals surface area contributed by atoms with Crippen molar-refractivity contribution < 1.29 is 4.79 Å². The van der Waals surface area contributed by atoms with Crippen molar-refractivity contribution in [1.82, 2.24) is 21.2 Å². The summed E-state index contributed by atoms with van der Waals surface area (Å²) in [5, 5.41) is 3.49. The highest BCUT2D eigenvalue weighted by molar-refractivity contribution is 7.80. The molecule has 1 amide bonds. The van der Waals surface area contributed by atoms with E-state index in [2.05, 4.69) is 28.1 Å². The van der Waals surface area contributed by atoms with E-state index in [0.29, 0.717) is 10.7 Å². The van der Waals surface area contributed by atoms with Gasteiger partial charge in [-0.25, -0.2) is 0 Å². The van der Waals surface area contributed by atoms with Gasteiger partial charge in [0.05, 0.1) is 0 Å². The van der Waals surface area contributed by atoms with Gasteiger partial charge < -0.3 is 5.32 Å². The average molecular weight is 294 g/mol. The third-order valence-corrected chi connectivity index (χ3v) is 3.04. The maximum absolute atomic E-state index is 11.7. The first-order valence-corrected chi connectivity index (χ1v) is 7.39. The Kier molecular flexibility index (Phi) is 8.30. The largest absolute Gasteiger partial charge is 0.361 e. The van der Waals surface area contributed by atoms with E-state index in [1.165, 1.54) is 25.7 Å². The summed E-state index contributed by atoms with van der Waals surface area (Å²) in [7, 11) is 0. The van der Waals surface area contributed by atoms with E-state index in [1.807, 2.05) is 0 Å². The van der Waals surface area contributed by atoms with Gasteiger partial charge in [0.2, 0.25) is 0 Å². The molecule has 0 saturated carbocycles. The van der Waals surface area contributed by atoms with Crippen molar-refractivity contribution in [3.05, 3.63) is 30.1 Å². The summed E-state index contributed by atoms with van der Waals surface area (Å²) < 4.78 is 0. The SMILES string of the molecule is CCCCCCCNC(=S)NNC(=O)c1ccncc1. The standard InChI is InChI=1S/C14H22N4OS/c1-2-3-4-5-6-9-16-14(20)18-17-13(19)12-7-10-15-11-8-12/h7-8,10-11H,2-6,9H2,1H3,(H,17,19)(H2,16,18,20). The first kappa shape index (κ1) is 16.4. The Labute approximate surface area is 125 Å². The number of thiocarbonyl (C=S) groups is 1. The van der Waals surface area contributed by atoms with Gasteiger partial charge in [0.1, 0.15) is 0 Å². The molecular weight excluding hydrogens is 272 g/mol. The number of unbranched alkanes of at least 4 members (excludes halogenated alkanes) is 4. The van der Waals surface area contributed by atoms with Gasteiger partial charge in [-0.05, 0) is 30.8 Å². The maximum atomic E-state index is 11.7. The number of hydrogen-bond acceptors (Lipinski definition) is 3. The molecule has 1 aromatic heterocycles. The normalized spacial score (nSPS) is 9.85. The third kappa shape index (κ3) is 7.04. The molecule has 0 radical (unpaired) electrons. The minimum Gasteiger partial charge on any atom is -0.361 e. The summed E-state index contributed by atoms with van der Waals surface area (Å²) in [6.07, 6.45) is 9.22. The van der Waals surface area contributed by atoms with Crippen LogP contribution >= 0.6 is 12.2 Å². The zero-order chi connectivity index (χ0) is 14.6. The monoisotopic (exact) mass is 294 g/mol. The van der Waals surface area contributed by atoms with Crippen LogP contribution in [0.3, 0.4) is 0 Å². The highest BCUT2D eigenvalue weighted by Gasteiger charge is 2.04. The first-order chi connectivity index (χ1) is 9.74. The van der Waals surface area contributed by atoms with Gasteiger partial charge in [-0.3, -0.25) is 20.6 Å². The van der Waals surface area contributed by atoms with Crippen LogP contribution in [0.25, 0.3) is 0 Å². The number of carbonyl (C=O) groups excluding carboxylic acids is 1. The topological polar surface area (TPSA) is 66.0 Å². The zero-order valence-electron chi connectivity index (χ0n) is 11.8. The quantitative estimate of drug-likeness (QED) is 0.408. The van der Waals surface area contributed by atoms with Crippen LogP contribution in [0.15, 0.2) is 24.5 Å². The van der Waals surface area contributed by atoms with Crippen molar-refractivity contribution in [1.29, 1.82) is 0 Å². The smallest absolute Gasteiger partial charge is 0.269 e. The molecule has 1 rings (SSSR count). The highest BCUT2D eigenvalue weighted by Crippen LogP contribution is 2.00. The molecule has 1 heterocycles. The molecule has 0 spiro atoms. The molecule has 3 N–H and O–H groups in total. The highest BCUT2D eigenvalue weighted by atomic mass is 32.1. The van der Waals surface area contributed by atoms with Crippen LogP contribution in [0.2, 0.25) is 0 Å². The summed E-state index contributed by atoms with van der Waals surface area (Å²) >= 11 is 5.07. The second-order valence-electron chi connectivity index (χ2n) is 4.49. The Balaban J connectivity index is 2.09. The van der Waals surface area contributed by atoms with Gasteiger partial charge in [0.25, 0.3) is 5.91 Å². The average Bonchev–Trinajstić information content (AvgIpc) is 2.49. The molecule has 5 nitrogen and oxygen atoms in total. The Morgan fingerprint density at radius 2 is 1.85 bits per heavy atom. The number of hydrogen-bond donors (Lipinski definition) is 3. The molecule has 0 fully saturated rings. The lowest BCUT2D eigenvalue weighted by molar-refractivity contribution is 0.0943. The van der Waals surface area contributed by atoms with Crippen molar-refractivity contribution in [2.75, 3.05) is 6.54 Å². The van der Waals surface area contributed by atoms with Crippen LogP contribution in [-0.2, 0) is 0 Å². The molecule has 0 aromatic carbocycles. The van der Waals surface area contributed by atoms with E-state index in [1.54, 1.807) is 24.5 Å². The number of nitrogens with zero attached hydrogens (tertiary/aromatic N) is 1. The molecular formula is C14H22N4OS. The van der Waals surface area contributed by atoms with Crippen LogP contribution in [0.5, 0.6) is 0 Å². The Hall–Kier alpha value is -1.69. The number of amides is 1. The molecule has 0 saturated heterocycles. The van der Waals surface area contributed by atoms with Crippen molar-refractivity contribution in [3.63, 3.8) is 0 Å². The Bertz CT molecular complexity index is 411. The number of rotatable bonds is 7. The van der Waals surface area contributed by atoms with Gasteiger partial charge in [-0.15, -0.1) is 0 Å². The maximum Gasteiger partial charge on any atom is 0.269 e. The molecule has 6 heteroatoms. The van der Waals surface area contributed by atoms with E-state index in [-0.39, 0.29) is 5.91 Å². The summed E-state index contributed by atoms with van der Waals surface area (Å²) in [6, 6.07) is 3.28. The van der Waals surface area contributed by atoms with E-state index in [0.717, 1.165) is 13.0 Å². The predicted molar refractivity (Wildman–Crippen MR) is 84.2 cm³/mol. The second-order valence-corrected chi connectivity index (χ2v) is 4.89. The van der Waals surface area contributed by atoms with E-state index in [9.17, 15) is 4.79 Å². The van der Waals surface area contributed by atoms with Gasteiger partial charge in [-0.1, -0.05) is 32.6 Å². The molecule has 0 unspecified atom stereocenters. The zero-order valence-corrected chi connectivity index (χ0v) is 12.6. The molecule has 110 valence electrons. The molecule has 0 aliphatic rings. The van der Waals surface area contributed by atoms with Crippen LogP contribution in [0, 0.1) is 0 Å². The van der Waals surface area contributed by atoms with Crippen LogP contribution in [-0.4, -0.2) is 22.5 Å². The lowest BCUT2D eigenvalue weighted by Gasteiger charge is -2.11. The lowest BCUT2D eigenvalue weighted by atomic mass is 10.1. The van der Waals surface area contributed by atoms with Crippen molar-refractivity contribution in [2.45, 2.75) is 39.0 Å². The number of pyridine rings is 1. The molecule has 0 aliphatic carbocycles. The molecule has 1 aromatic rings. The first-order valence-electron chi connectivity index (χ1n) is 6.98. The summed E-state index contributed by atoms with van der Waals surface area (Å²) in [6.45, 7) is 3.02. The molecule has 0 atom stereocenters. The summed E-state index contributed by atoms with van der Waals surface area (Å²) in [4.78, 5) is 15.6. The van der Waals surface area contributed by atoms with E-state index < -0.39 is 0 Å². The minimum absolute atomic E-state index is 0.237. The number of nitrogens with one attached hydrogen (secondary N) is 3. The third-order valence-electron chi connectivity index (χ3n) is 2.80. The van der Waals surface area contributed by atoms with Crippen molar-refractivity contribution >= 4 is 23.2 Å². The van der Waals surface area contributed by atoms with E-state index in [4.69, 9.17) is 12.2 Å². The Morgan fingerprint density at radius 1 is 1.15 bits per heavy atom. The van der Waals surface area contributed by atoms with Gasteiger partial charge in [0.15, 0.2) is 5.11 Å². The lowest BCUT2D eigenvalue weighted by Crippen LogP contribution is -2.46. The van der Waals surface area contributed by atoms with Crippen molar-refractivity contribution in [3.8, 4) is 0 Å². The second kappa shape index (κ2) is 10.1. The van der Waals surface area contributed by atoms with Gasteiger partial charge in [0, 0.05) is 24.5 Å². The molecule has 0 bridgehead atoms. The van der Waals surface area contributed by atoms with Crippen LogP contribution < -0.4 is 16.2 Å². The van der Waals surface area contributed by atoms with Crippen LogP contribution in [0.4, 0.5) is 0 Å². The fourth-order valence-electron chi connectivity index (χ4n) is 1.66. The van der Waals surface area contributed by atoms with Gasteiger partial charge in [-0.2, -0.15) is 0 Å². The number of hydrazine groups is 1. The van der Waals surface area contributed by atoms with Crippen LogP contribution in [0.1, 0.15) is 49.4 Å². The summed E-state index contributed by atoms with van der Waals surface area (Å²) in [5.74, 6) is -0.237. The van der Waals surface area contributed by atoms with E-state index >= 15 is 0 Å². The number of carbonyl (C=O) groups is 1. The minimum atomic E-state index is -0.237. The predicted octanol–water partition coefficient (Wildman–Crippen LogP) is 2.16. The fourth-order valence-corrected chi connectivity index (χ4v) is 1.82. The molecule has 20 heavy (non-hydrogen) atoms. The fraction of sp³-hybridized carbons (Fsp3) is 0.500. The molecule has 0 aliphatic heterocycles. The van der Waals surface area contributed by atoms with Gasteiger partial charge >= 0.3 is 0 Å². The van der Waals surface area contributed by atoms with Crippen molar-refractivity contribution in [2.24, 2.45) is 0 Å². The Morgan fingerprint density at radius 3 is 2.55 bits per heavy atom. The number of aromatic nitrogens is 1.